The quantitative estimate of drug-likeness (QED) is 0.607. The standard InChI is InChI=1S/C23H31N3O5/c1-16(2)15-26(12-9-22(27)25-10-5-6-11-25)23(28)19-14-21(31-24-19)18-13-17(29-3)7-8-20(18)30-4/h7-8,13-14,16H,5-6,9-12,15H2,1-4H3. The third-order valence-corrected chi connectivity index (χ3v) is 5.33. The van der Waals surface area contributed by atoms with Gasteiger partial charge in [0, 0.05) is 38.7 Å². The molecule has 0 atom stereocenters. The van der Waals surface area contributed by atoms with Crippen molar-refractivity contribution in [1.29, 1.82) is 0 Å². The first-order valence-electron chi connectivity index (χ1n) is 10.7. The summed E-state index contributed by atoms with van der Waals surface area (Å²) < 4.78 is 16.1. The zero-order valence-electron chi connectivity index (χ0n) is 18.7. The van der Waals surface area contributed by atoms with E-state index in [0.29, 0.717) is 42.3 Å². The SMILES string of the molecule is COc1ccc(OC)c(-c2cc(C(=O)N(CCC(=O)N3CCCC3)CC(C)C)no2)c1. The third kappa shape index (κ3) is 5.57. The molecule has 168 valence electrons. The van der Waals surface area contributed by atoms with Crippen molar-refractivity contribution in [1.82, 2.24) is 15.0 Å². The van der Waals surface area contributed by atoms with Gasteiger partial charge in [-0.2, -0.15) is 0 Å². The second-order valence-corrected chi connectivity index (χ2v) is 8.13. The van der Waals surface area contributed by atoms with Gasteiger partial charge in [-0.1, -0.05) is 19.0 Å². The molecule has 3 rings (SSSR count). The number of nitrogens with zero attached hydrogens (tertiary/aromatic N) is 3. The highest BCUT2D eigenvalue weighted by molar-refractivity contribution is 5.93. The van der Waals surface area contributed by atoms with E-state index in [1.807, 2.05) is 18.7 Å². The Morgan fingerprint density at radius 3 is 2.55 bits per heavy atom. The number of rotatable bonds is 9. The summed E-state index contributed by atoms with van der Waals surface area (Å²) in [6, 6.07) is 6.93. The highest BCUT2D eigenvalue weighted by atomic mass is 16.5. The minimum atomic E-state index is -0.250. The van der Waals surface area contributed by atoms with Gasteiger partial charge in [0.25, 0.3) is 5.91 Å². The number of hydrogen-bond donors (Lipinski definition) is 0. The van der Waals surface area contributed by atoms with E-state index in [1.54, 1.807) is 43.4 Å². The first kappa shape index (κ1) is 22.7. The maximum absolute atomic E-state index is 13.2. The molecule has 1 aromatic heterocycles. The van der Waals surface area contributed by atoms with E-state index in [1.165, 1.54) is 0 Å². The Bertz CT molecular complexity index is 902. The molecular weight excluding hydrogens is 398 g/mol. The lowest BCUT2D eigenvalue weighted by molar-refractivity contribution is -0.130. The van der Waals surface area contributed by atoms with Gasteiger partial charge in [-0.15, -0.1) is 0 Å². The third-order valence-electron chi connectivity index (χ3n) is 5.33. The topological polar surface area (TPSA) is 85.1 Å². The summed E-state index contributed by atoms with van der Waals surface area (Å²) in [4.78, 5) is 29.2. The Balaban J connectivity index is 1.76. The van der Waals surface area contributed by atoms with Crippen molar-refractivity contribution in [3.8, 4) is 22.8 Å². The number of hydrogen-bond acceptors (Lipinski definition) is 6. The molecule has 31 heavy (non-hydrogen) atoms. The van der Waals surface area contributed by atoms with E-state index >= 15 is 0 Å². The summed E-state index contributed by atoms with van der Waals surface area (Å²) in [5.41, 5.74) is 0.849. The second-order valence-electron chi connectivity index (χ2n) is 8.13. The molecule has 2 heterocycles. The van der Waals surface area contributed by atoms with E-state index < -0.39 is 0 Å². The first-order chi connectivity index (χ1) is 14.9. The summed E-state index contributed by atoms with van der Waals surface area (Å²) in [5.74, 6) is 1.75. The Morgan fingerprint density at radius 2 is 1.90 bits per heavy atom. The van der Waals surface area contributed by atoms with Crippen molar-refractivity contribution >= 4 is 11.8 Å². The van der Waals surface area contributed by atoms with Crippen LogP contribution in [-0.2, 0) is 4.79 Å². The maximum Gasteiger partial charge on any atom is 0.276 e. The summed E-state index contributed by atoms with van der Waals surface area (Å²) in [5, 5.41) is 4.00. The molecule has 1 aromatic carbocycles. The zero-order valence-corrected chi connectivity index (χ0v) is 18.7. The lowest BCUT2D eigenvalue weighted by Crippen LogP contribution is -2.38. The van der Waals surface area contributed by atoms with E-state index in [-0.39, 0.29) is 23.4 Å². The van der Waals surface area contributed by atoms with Gasteiger partial charge in [0.1, 0.15) is 11.5 Å². The Hall–Kier alpha value is -3.03. The van der Waals surface area contributed by atoms with Crippen LogP contribution in [-0.4, -0.2) is 67.2 Å². The number of carbonyl (C=O) groups is 2. The highest BCUT2D eigenvalue weighted by Gasteiger charge is 2.25. The first-order valence-corrected chi connectivity index (χ1v) is 10.7. The molecule has 1 saturated heterocycles. The second kappa shape index (κ2) is 10.3. The van der Waals surface area contributed by atoms with Crippen LogP contribution in [0, 0.1) is 5.92 Å². The zero-order chi connectivity index (χ0) is 22.4. The van der Waals surface area contributed by atoms with Crippen LogP contribution in [0.1, 0.15) is 43.6 Å². The molecule has 1 aliphatic heterocycles. The molecule has 0 unspecified atom stereocenters. The smallest absolute Gasteiger partial charge is 0.276 e. The van der Waals surface area contributed by atoms with Crippen molar-refractivity contribution < 1.29 is 23.6 Å². The molecule has 8 heteroatoms. The van der Waals surface area contributed by atoms with E-state index in [9.17, 15) is 9.59 Å². The van der Waals surface area contributed by atoms with Gasteiger partial charge in [-0.3, -0.25) is 9.59 Å². The monoisotopic (exact) mass is 429 g/mol. The molecule has 0 bridgehead atoms. The average Bonchev–Trinajstić information content (AvgIpc) is 3.47. The minimum Gasteiger partial charge on any atom is -0.497 e. The molecule has 0 aliphatic carbocycles. The molecule has 8 nitrogen and oxygen atoms in total. The average molecular weight is 430 g/mol. The van der Waals surface area contributed by atoms with Gasteiger partial charge in [0.2, 0.25) is 5.91 Å². The summed E-state index contributed by atoms with van der Waals surface area (Å²) >= 11 is 0. The number of amides is 2. The molecular formula is C23H31N3O5. The van der Waals surface area contributed by atoms with E-state index in [0.717, 1.165) is 25.9 Å². The van der Waals surface area contributed by atoms with Crippen molar-refractivity contribution in [2.45, 2.75) is 33.1 Å². The van der Waals surface area contributed by atoms with Gasteiger partial charge in [-0.25, -0.2) is 0 Å². The van der Waals surface area contributed by atoms with Crippen molar-refractivity contribution in [2.75, 3.05) is 40.4 Å². The minimum absolute atomic E-state index is 0.0982. The van der Waals surface area contributed by atoms with E-state index in [2.05, 4.69) is 5.16 Å². The van der Waals surface area contributed by atoms with Crippen LogP contribution in [0.25, 0.3) is 11.3 Å². The van der Waals surface area contributed by atoms with Gasteiger partial charge < -0.3 is 23.8 Å². The van der Waals surface area contributed by atoms with Crippen LogP contribution in [0.3, 0.4) is 0 Å². The van der Waals surface area contributed by atoms with Crippen molar-refractivity contribution in [3.63, 3.8) is 0 Å². The van der Waals surface area contributed by atoms with Crippen LogP contribution in [0.5, 0.6) is 11.5 Å². The number of aromatic nitrogens is 1. The normalized spacial score (nSPS) is 13.5. The molecule has 0 N–H and O–H groups in total. The fourth-order valence-corrected chi connectivity index (χ4v) is 3.74. The molecule has 0 saturated carbocycles. The molecule has 0 radical (unpaired) electrons. The summed E-state index contributed by atoms with van der Waals surface area (Å²) in [7, 11) is 3.14. The fraction of sp³-hybridized carbons (Fsp3) is 0.522. The number of carbonyl (C=O) groups excluding carboxylic acids is 2. The molecule has 2 amide bonds. The lowest BCUT2D eigenvalue weighted by atomic mass is 10.1. The summed E-state index contributed by atoms with van der Waals surface area (Å²) in [6.45, 7) is 6.60. The Kier molecular flexibility index (Phi) is 7.55. The van der Waals surface area contributed by atoms with Crippen molar-refractivity contribution in [3.05, 3.63) is 30.0 Å². The Morgan fingerprint density at radius 1 is 1.16 bits per heavy atom. The van der Waals surface area contributed by atoms with Gasteiger partial charge in [-0.05, 0) is 37.0 Å². The molecule has 1 fully saturated rings. The van der Waals surface area contributed by atoms with E-state index in [4.69, 9.17) is 14.0 Å². The van der Waals surface area contributed by atoms with Crippen LogP contribution >= 0.6 is 0 Å². The molecule has 1 aliphatic rings. The van der Waals surface area contributed by atoms with Crippen LogP contribution < -0.4 is 9.47 Å². The maximum atomic E-state index is 13.2. The number of likely N-dealkylation sites (tertiary alicyclic amines) is 1. The largest absolute Gasteiger partial charge is 0.497 e. The van der Waals surface area contributed by atoms with Crippen LogP contribution in [0.4, 0.5) is 0 Å². The predicted octanol–water partition coefficient (Wildman–Crippen LogP) is 3.47. The number of ether oxygens (including phenoxy) is 2. The summed E-state index contributed by atoms with van der Waals surface area (Å²) in [6.07, 6.45) is 2.42. The van der Waals surface area contributed by atoms with Gasteiger partial charge >= 0.3 is 0 Å². The van der Waals surface area contributed by atoms with Crippen molar-refractivity contribution in [2.24, 2.45) is 5.92 Å². The van der Waals surface area contributed by atoms with Crippen LogP contribution in [0.15, 0.2) is 28.8 Å². The van der Waals surface area contributed by atoms with Crippen LogP contribution in [0.2, 0.25) is 0 Å². The lowest BCUT2D eigenvalue weighted by Gasteiger charge is -2.24. The molecule has 0 spiro atoms. The molecule has 2 aromatic rings. The van der Waals surface area contributed by atoms with Gasteiger partial charge in [0.05, 0.1) is 19.8 Å². The number of methoxy groups -OCH3 is 2. The number of benzene rings is 1. The fourth-order valence-electron chi connectivity index (χ4n) is 3.74. The predicted molar refractivity (Wildman–Crippen MR) is 116 cm³/mol. The highest BCUT2D eigenvalue weighted by Crippen LogP contribution is 2.34. The van der Waals surface area contributed by atoms with Gasteiger partial charge in [0.15, 0.2) is 11.5 Å². The Labute approximate surface area is 183 Å².